The maximum absolute atomic E-state index is 11.9. The van der Waals surface area contributed by atoms with E-state index in [0.717, 1.165) is 0 Å². The monoisotopic (exact) mass is 237 g/mol. The first-order valence-corrected chi connectivity index (χ1v) is 5.57. The van der Waals surface area contributed by atoms with Crippen molar-refractivity contribution >= 4 is 5.78 Å². The zero-order valence-corrected chi connectivity index (χ0v) is 10.7. The molecule has 0 atom stereocenters. The first-order valence-electron chi connectivity index (χ1n) is 5.57. The largest absolute Gasteiger partial charge is 0.493 e. The maximum Gasteiger partial charge on any atom is 0.176 e. The molecule has 0 bridgehead atoms. The number of carbonyl (C=O) groups excluding carboxylic acids is 1. The fraction of sp³-hybridized carbons (Fsp3) is 0.462. The van der Waals surface area contributed by atoms with Crippen molar-refractivity contribution in [3.63, 3.8) is 0 Å². The highest BCUT2D eigenvalue weighted by Crippen LogP contribution is 2.27. The Balaban J connectivity index is 2.81. The van der Waals surface area contributed by atoms with Crippen LogP contribution < -0.4 is 14.8 Å². The Morgan fingerprint density at radius 1 is 1.24 bits per heavy atom. The summed E-state index contributed by atoms with van der Waals surface area (Å²) < 4.78 is 10.3. The standard InChI is InChI=1S/C13H19NO3/c1-9(2)14-8-11(15)10-5-6-12(16-3)13(7-10)17-4/h5-7,9,14H,8H2,1-4H3. The highest BCUT2D eigenvalue weighted by Gasteiger charge is 2.10. The average Bonchev–Trinajstić information content (AvgIpc) is 2.34. The summed E-state index contributed by atoms with van der Waals surface area (Å²) in [6.45, 7) is 4.33. The van der Waals surface area contributed by atoms with Crippen LogP contribution in [-0.2, 0) is 0 Å². The van der Waals surface area contributed by atoms with E-state index in [9.17, 15) is 4.79 Å². The molecule has 0 aliphatic rings. The predicted octanol–water partition coefficient (Wildman–Crippen LogP) is 1.88. The number of ketones is 1. The minimum atomic E-state index is 0.0413. The van der Waals surface area contributed by atoms with Crippen LogP contribution >= 0.6 is 0 Å². The lowest BCUT2D eigenvalue weighted by Crippen LogP contribution is -2.29. The molecular weight excluding hydrogens is 218 g/mol. The first-order chi connectivity index (χ1) is 8.08. The molecule has 0 fully saturated rings. The fourth-order valence-electron chi connectivity index (χ4n) is 1.41. The lowest BCUT2D eigenvalue weighted by molar-refractivity contribution is 0.0988. The van der Waals surface area contributed by atoms with Crippen LogP contribution in [0.4, 0.5) is 0 Å². The molecule has 0 aliphatic heterocycles. The lowest BCUT2D eigenvalue weighted by Gasteiger charge is -2.10. The smallest absolute Gasteiger partial charge is 0.176 e. The second-order valence-corrected chi connectivity index (χ2v) is 4.03. The van der Waals surface area contributed by atoms with E-state index in [1.54, 1.807) is 32.4 Å². The Morgan fingerprint density at radius 2 is 1.88 bits per heavy atom. The number of methoxy groups -OCH3 is 2. The van der Waals surface area contributed by atoms with Gasteiger partial charge < -0.3 is 14.8 Å². The molecule has 0 aliphatic carbocycles. The maximum atomic E-state index is 11.9. The number of benzene rings is 1. The van der Waals surface area contributed by atoms with Crippen molar-refractivity contribution in [1.29, 1.82) is 0 Å². The SMILES string of the molecule is COc1ccc(C(=O)CNC(C)C)cc1OC. The molecular formula is C13H19NO3. The lowest BCUT2D eigenvalue weighted by atomic mass is 10.1. The second-order valence-electron chi connectivity index (χ2n) is 4.03. The van der Waals surface area contributed by atoms with Crippen molar-refractivity contribution in [2.24, 2.45) is 0 Å². The number of carbonyl (C=O) groups is 1. The van der Waals surface area contributed by atoms with E-state index in [2.05, 4.69) is 5.32 Å². The van der Waals surface area contributed by atoms with Crippen molar-refractivity contribution in [1.82, 2.24) is 5.32 Å². The molecule has 0 spiro atoms. The van der Waals surface area contributed by atoms with E-state index in [4.69, 9.17) is 9.47 Å². The molecule has 1 aromatic carbocycles. The van der Waals surface area contributed by atoms with Crippen molar-refractivity contribution in [2.45, 2.75) is 19.9 Å². The topological polar surface area (TPSA) is 47.6 Å². The second kappa shape index (κ2) is 6.25. The zero-order valence-electron chi connectivity index (χ0n) is 10.7. The van der Waals surface area contributed by atoms with Crippen LogP contribution in [0.25, 0.3) is 0 Å². The van der Waals surface area contributed by atoms with Crippen LogP contribution in [-0.4, -0.2) is 32.6 Å². The van der Waals surface area contributed by atoms with Crippen LogP contribution in [0.15, 0.2) is 18.2 Å². The minimum Gasteiger partial charge on any atom is -0.493 e. The molecule has 0 radical (unpaired) electrons. The summed E-state index contributed by atoms with van der Waals surface area (Å²) in [5.41, 5.74) is 0.621. The average molecular weight is 237 g/mol. The Kier molecular flexibility index (Phi) is 4.97. The molecule has 0 amide bonds. The van der Waals surface area contributed by atoms with Gasteiger partial charge in [-0.05, 0) is 18.2 Å². The fourth-order valence-corrected chi connectivity index (χ4v) is 1.41. The highest BCUT2D eigenvalue weighted by atomic mass is 16.5. The predicted molar refractivity (Wildman–Crippen MR) is 67.0 cm³/mol. The Morgan fingerprint density at radius 3 is 2.41 bits per heavy atom. The molecule has 17 heavy (non-hydrogen) atoms. The quantitative estimate of drug-likeness (QED) is 0.767. The van der Waals surface area contributed by atoms with E-state index in [0.29, 0.717) is 29.6 Å². The van der Waals surface area contributed by atoms with Gasteiger partial charge in [-0.25, -0.2) is 0 Å². The number of hydrogen-bond acceptors (Lipinski definition) is 4. The van der Waals surface area contributed by atoms with Crippen LogP contribution in [0.3, 0.4) is 0 Å². The Labute approximate surface area is 102 Å². The van der Waals surface area contributed by atoms with Gasteiger partial charge in [0, 0.05) is 11.6 Å². The van der Waals surface area contributed by atoms with Gasteiger partial charge in [0.05, 0.1) is 20.8 Å². The Hall–Kier alpha value is -1.55. The van der Waals surface area contributed by atoms with Crippen molar-refractivity contribution in [3.8, 4) is 11.5 Å². The van der Waals surface area contributed by atoms with Crippen LogP contribution in [0.1, 0.15) is 24.2 Å². The number of nitrogens with one attached hydrogen (secondary N) is 1. The molecule has 0 aromatic heterocycles. The van der Waals surface area contributed by atoms with Gasteiger partial charge in [0.25, 0.3) is 0 Å². The molecule has 0 saturated heterocycles. The summed E-state index contributed by atoms with van der Waals surface area (Å²) >= 11 is 0. The van der Waals surface area contributed by atoms with E-state index < -0.39 is 0 Å². The summed E-state index contributed by atoms with van der Waals surface area (Å²) in [5, 5.41) is 3.09. The molecule has 4 heteroatoms. The van der Waals surface area contributed by atoms with Crippen LogP contribution in [0.5, 0.6) is 11.5 Å². The summed E-state index contributed by atoms with van der Waals surface area (Å²) in [6, 6.07) is 5.47. The number of ether oxygens (including phenoxy) is 2. The molecule has 1 N–H and O–H groups in total. The number of rotatable bonds is 6. The molecule has 1 rings (SSSR count). The van der Waals surface area contributed by atoms with Gasteiger partial charge in [-0.15, -0.1) is 0 Å². The molecule has 0 heterocycles. The normalized spacial score (nSPS) is 10.4. The molecule has 94 valence electrons. The zero-order chi connectivity index (χ0) is 12.8. The molecule has 0 unspecified atom stereocenters. The Bertz CT molecular complexity index is 388. The summed E-state index contributed by atoms with van der Waals surface area (Å²) in [5.74, 6) is 1.24. The number of Topliss-reactive ketones (excluding diaryl/α,β-unsaturated/α-hetero) is 1. The van der Waals surface area contributed by atoms with Gasteiger partial charge in [0.15, 0.2) is 17.3 Å². The van der Waals surface area contributed by atoms with Gasteiger partial charge in [-0.3, -0.25) is 4.79 Å². The minimum absolute atomic E-state index is 0.0413. The number of hydrogen-bond donors (Lipinski definition) is 1. The third-order valence-corrected chi connectivity index (χ3v) is 2.38. The first kappa shape index (κ1) is 13.5. The molecule has 0 saturated carbocycles. The van der Waals surface area contributed by atoms with Crippen LogP contribution in [0, 0.1) is 0 Å². The molecule has 1 aromatic rings. The van der Waals surface area contributed by atoms with Gasteiger partial charge in [0.2, 0.25) is 0 Å². The highest BCUT2D eigenvalue weighted by molar-refractivity contribution is 5.98. The van der Waals surface area contributed by atoms with Gasteiger partial charge in [-0.2, -0.15) is 0 Å². The summed E-state index contributed by atoms with van der Waals surface area (Å²) in [4.78, 5) is 11.9. The summed E-state index contributed by atoms with van der Waals surface area (Å²) in [6.07, 6.45) is 0. The van der Waals surface area contributed by atoms with Gasteiger partial charge in [0.1, 0.15) is 0 Å². The van der Waals surface area contributed by atoms with E-state index in [1.165, 1.54) is 0 Å². The summed E-state index contributed by atoms with van der Waals surface area (Å²) in [7, 11) is 3.12. The van der Waals surface area contributed by atoms with Gasteiger partial charge >= 0.3 is 0 Å². The van der Waals surface area contributed by atoms with Crippen molar-refractivity contribution in [2.75, 3.05) is 20.8 Å². The van der Waals surface area contributed by atoms with E-state index in [-0.39, 0.29) is 5.78 Å². The molecule has 4 nitrogen and oxygen atoms in total. The van der Waals surface area contributed by atoms with Crippen molar-refractivity contribution in [3.05, 3.63) is 23.8 Å². The van der Waals surface area contributed by atoms with E-state index in [1.807, 2.05) is 13.8 Å². The van der Waals surface area contributed by atoms with Gasteiger partial charge in [-0.1, -0.05) is 13.8 Å². The van der Waals surface area contributed by atoms with Crippen molar-refractivity contribution < 1.29 is 14.3 Å². The van der Waals surface area contributed by atoms with E-state index >= 15 is 0 Å². The third-order valence-electron chi connectivity index (χ3n) is 2.38. The van der Waals surface area contributed by atoms with Crippen LogP contribution in [0.2, 0.25) is 0 Å². The third kappa shape index (κ3) is 3.75.